The van der Waals surface area contributed by atoms with Gasteiger partial charge < -0.3 is 4.90 Å². The molecule has 1 amide bonds. The average molecular weight is 300 g/mol. The molecule has 1 aromatic rings. The summed E-state index contributed by atoms with van der Waals surface area (Å²) in [5, 5.41) is 0. The van der Waals surface area contributed by atoms with Gasteiger partial charge >= 0.3 is 0 Å². The molecule has 0 bridgehead atoms. The maximum atomic E-state index is 11.9. The van der Waals surface area contributed by atoms with Crippen molar-refractivity contribution in [1.82, 2.24) is 0 Å². The predicted octanol–water partition coefficient (Wildman–Crippen LogP) is 3.69. The number of halogens is 1. The minimum atomic E-state index is 0.226. The number of hydrogen-bond acceptors (Lipinski definition) is 2. The largest absolute Gasteiger partial charge is 0.311 e. The molecule has 0 aliphatic carbocycles. The molecule has 0 radical (unpaired) electrons. The van der Waals surface area contributed by atoms with Gasteiger partial charge in [-0.25, -0.2) is 0 Å². The molecule has 4 heteroatoms. The van der Waals surface area contributed by atoms with Gasteiger partial charge in [-0.05, 0) is 24.6 Å². The fraction of sp³-hybridized carbons (Fsp3) is 0.417. The number of fused-ring (bicyclic) bond motifs is 1. The molecule has 2 rings (SSSR count). The third-order valence-electron chi connectivity index (χ3n) is 2.60. The molecule has 0 unspecified atom stereocenters. The minimum absolute atomic E-state index is 0.226. The number of nitrogens with zero attached hydrogens (tertiary/aromatic N) is 1. The summed E-state index contributed by atoms with van der Waals surface area (Å²) in [6.45, 7) is 2.98. The van der Waals surface area contributed by atoms with E-state index in [1.54, 1.807) is 11.8 Å². The summed E-state index contributed by atoms with van der Waals surface area (Å²) in [5.41, 5.74) is 1.06. The molecule has 0 spiro atoms. The Balaban J connectivity index is 2.31. The molecule has 0 N–H and O–H groups in total. The van der Waals surface area contributed by atoms with Crippen molar-refractivity contribution in [2.24, 2.45) is 0 Å². The zero-order valence-corrected chi connectivity index (χ0v) is 11.6. The fourth-order valence-corrected chi connectivity index (χ4v) is 3.00. The van der Waals surface area contributed by atoms with Crippen molar-refractivity contribution in [2.45, 2.75) is 24.7 Å². The lowest BCUT2D eigenvalue weighted by molar-refractivity contribution is -0.116. The zero-order valence-electron chi connectivity index (χ0n) is 9.20. The molecule has 0 fully saturated rings. The number of amides is 1. The molecular formula is C12H14BrNOS. The normalized spacial score (nSPS) is 15.1. The maximum absolute atomic E-state index is 11.9. The Hall–Kier alpha value is -0.480. The quantitative estimate of drug-likeness (QED) is 0.848. The monoisotopic (exact) mass is 299 g/mol. The van der Waals surface area contributed by atoms with Crippen LogP contribution < -0.4 is 4.90 Å². The Labute approximate surface area is 109 Å². The Morgan fingerprint density at radius 1 is 1.50 bits per heavy atom. The second kappa shape index (κ2) is 5.23. The first kappa shape index (κ1) is 12.0. The molecule has 16 heavy (non-hydrogen) atoms. The smallest absolute Gasteiger partial charge is 0.237 e. The zero-order chi connectivity index (χ0) is 11.5. The first-order chi connectivity index (χ1) is 7.72. The van der Waals surface area contributed by atoms with Crippen LogP contribution in [0.5, 0.6) is 0 Å². The number of unbranched alkanes of at least 4 members (excludes halogenated alkanes) is 1. The van der Waals surface area contributed by atoms with Crippen molar-refractivity contribution >= 4 is 39.3 Å². The molecule has 0 saturated carbocycles. The molecule has 1 aliphatic rings. The number of benzene rings is 1. The van der Waals surface area contributed by atoms with Crippen LogP contribution in [0.4, 0.5) is 5.69 Å². The average Bonchev–Trinajstić information content (AvgIpc) is 2.28. The SMILES string of the molecule is CCCCN1C(=O)CSc2ccc(Br)cc21. The van der Waals surface area contributed by atoms with Crippen molar-refractivity contribution < 1.29 is 4.79 Å². The van der Waals surface area contributed by atoms with Crippen LogP contribution in [-0.4, -0.2) is 18.2 Å². The number of rotatable bonds is 3. The molecule has 86 valence electrons. The molecule has 1 aliphatic heterocycles. The van der Waals surface area contributed by atoms with E-state index in [0.29, 0.717) is 5.75 Å². The lowest BCUT2D eigenvalue weighted by atomic mass is 10.2. The summed E-state index contributed by atoms with van der Waals surface area (Å²) in [6, 6.07) is 6.14. The van der Waals surface area contributed by atoms with Crippen LogP contribution >= 0.6 is 27.7 Å². The van der Waals surface area contributed by atoms with Crippen molar-refractivity contribution in [3.8, 4) is 0 Å². The summed E-state index contributed by atoms with van der Waals surface area (Å²) in [5.74, 6) is 0.794. The van der Waals surface area contributed by atoms with E-state index in [1.807, 2.05) is 17.0 Å². The summed E-state index contributed by atoms with van der Waals surface area (Å²) in [7, 11) is 0. The predicted molar refractivity (Wildman–Crippen MR) is 72.1 cm³/mol. The van der Waals surface area contributed by atoms with Gasteiger partial charge in [-0.2, -0.15) is 0 Å². The van der Waals surface area contributed by atoms with Crippen LogP contribution in [-0.2, 0) is 4.79 Å². The number of carbonyl (C=O) groups excluding carboxylic acids is 1. The van der Waals surface area contributed by atoms with Gasteiger partial charge in [0.1, 0.15) is 0 Å². The van der Waals surface area contributed by atoms with Gasteiger partial charge in [0, 0.05) is 15.9 Å². The topological polar surface area (TPSA) is 20.3 Å². The van der Waals surface area contributed by atoms with Crippen molar-refractivity contribution in [3.63, 3.8) is 0 Å². The standard InChI is InChI=1S/C12H14BrNOS/c1-2-3-6-14-10-7-9(13)4-5-11(10)16-8-12(14)15/h4-5,7H,2-3,6,8H2,1H3. The Morgan fingerprint density at radius 2 is 2.31 bits per heavy atom. The van der Waals surface area contributed by atoms with Crippen LogP contribution in [0.15, 0.2) is 27.6 Å². The Bertz CT molecular complexity index is 408. The number of carbonyl (C=O) groups is 1. The molecule has 0 saturated heterocycles. The lowest BCUT2D eigenvalue weighted by Crippen LogP contribution is -2.36. The van der Waals surface area contributed by atoms with Crippen molar-refractivity contribution in [1.29, 1.82) is 0 Å². The van der Waals surface area contributed by atoms with Crippen LogP contribution in [0.25, 0.3) is 0 Å². The highest BCUT2D eigenvalue weighted by Gasteiger charge is 2.24. The highest BCUT2D eigenvalue weighted by Crippen LogP contribution is 2.37. The van der Waals surface area contributed by atoms with Gasteiger partial charge in [0.15, 0.2) is 0 Å². The van der Waals surface area contributed by atoms with Gasteiger partial charge in [0.25, 0.3) is 0 Å². The Kier molecular flexibility index (Phi) is 3.92. The van der Waals surface area contributed by atoms with Gasteiger partial charge in [-0.15, -0.1) is 11.8 Å². The van der Waals surface area contributed by atoms with Crippen molar-refractivity contribution in [3.05, 3.63) is 22.7 Å². The summed E-state index contributed by atoms with van der Waals surface area (Å²) in [6.07, 6.45) is 2.17. The van der Waals surface area contributed by atoms with E-state index in [2.05, 4.69) is 28.9 Å². The molecule has 1 heterocycles. The summed E-state index contributed by atoms with van der Waals surface area (Å²) in [4.78, 5) is 15.0. The van der Waals surface area contributed by atoms with E-state index in [9.17, 15) is 4.79 Å². The fourth-order valence-electron chi connectivity index (χ4n) is 1.74. The van der Waals surface area contributed by atoms with Gasteiger partial charge in [0.05, 0.1) is 11.4 Å². The molecule has 2 nitrogen and oxygen atoms in total. The first-order valence-electron chi connectivity index (χ1n) is 5.45. The van der Waals surface area contributed by atoms with E-state index in [4.69, 9.17) is 0 Å². The van der Waals surface area contributed by atoms with Gasteiger partial charge in [0.2, 0.25) is 5.91 Å². The minimum Gasteiger partial charge on any atom is -0.311 e. The summed E-state index contributed by atoms with van der Waals surface area (Å²) < 4.78 is 1.03. The molecule has 1 aromatic carbocycles. The van der Waals surface area contributed by atoms with E-state index in [1.165, 1.54) is 4.90 Å². The van der Waals surface area contributed by atoms with Crippen LogP contribution in [0.3, 0.4) is 0 Å². The number of thioether (sulfide) groups is 1. The number of hydrogen-bond donors (Lipinski definition) is 0. The van der Waals surface area contributed by atoms with Gasteiger partial charge in [-0.1, -0.05) is 29.3 Å². The number of anilines is 1. The molecule has 0 atom stereocenters. The Morgan fingerprint density at radius 3 is 3.06 bits per heavy atom. The maximum Gasteiger partial charge on any atom is 0.237 e. The van der Waals surface area contributed by atoms with Crippen LogP contribution in [0.2, 0.25) is 0 Å². The van der Waals surface area contributed by atoms with E-state index in [-0.39, 0.29) is 5.91 Å². The van der Waals surface area contributed by atoms with Gasteiger partial charge in [-0.3, -0.25) is 4.79 Å². The lowest BCUT2D eigenvalue weighted by Gasteiger charge is -2.29. The van der Waals surface area contributed by atoms with Crippen molar-refractivity contribution in [2.75, 3.05) is 17.2 Å². The molecular weight excluding hydrogens is 286 g/mol. The first-order valence-corrected chi connectivity index (χ1v) is 7.23. The van der Waals surface area contributed by atoms with E-state index in [0.717, 1.165) is 29.5 Å². The second-order valence-electron chi connectivity index (χ2n) is 3.80. The highest BCUT2D eigenvalue weighted by molar-refractivity contribution is 9.10. The van der Waals surface area contributed by atoms with E-state index < -0.39 is 0 Å². The third-order valence-corrected chi connectivity index (χ3v) is 4.14. The van der Waals surface area contributed by atoms with Crippen LogP contribution in [0, 0.1) is 0 Å². The second-order valence-corrected chi connectivity index (χ2v) is 5.73. The molecule has 0 aromatic heterocycles. The van der Waals surface area contributed by atoms with Crippen LogP contribution in [0.1, 0.15) is 19.8 Å². The van der Waals surface area contributed by atoms with E-state index >= 15 is 0 Å². The summed E-state index contributed by atoms with van der Waals surface area (Å²) >= 11 is 5.09. The highest BCUT2D eigenvalue weighted by atomic mass is 79.9. The third kappa shape index (κ3) is 2.43.